The van der Waals surface area contributed by atoms with Crippen LogP contribution in [0, 0.1) is 0 Å². The van der Waals surface area contributed by atoms with Gasteiger partial charge in [-0.05, 0) is 33.1 Å². The molecule has 1 heterocycles. The van der Waals surface area contributed by atoms with Gasteiger partial charge in [-0.1, -0.05) is 115 Å². The summed E-state index contributed by atoms with van der Waals surface area (Å²) < 4.78 is 0. The van der Waals surface area contributed by atoms with Crippen molar-refractivity contribution in [2.24, 2.45) is 0 Å². The Morgan fingerprint density at radius 1 is 1.00 bits per heavy atom. The Balaban J connectivity index is 1.54. The van der Waals surface area contributed by atoms with Crippen molar-refractivity contribution in [1.29, 1.82) is 0 Å². The molecule has 3 aromatic rings. The number of nitrogens with one attached hydrogen (secondary N) is 2. The van der Waals surface area contributed by atoms with Crippen molar-refractivity contribution >= 4 is 33.7 Å². The number of nitrogens with zero attached hydrogens (tertiary/aromatic N) is 2. The first-order chi connectivity index (χ1) is 17.5. The topological polar surface area (TPSA) is 61.0 Å². The highest BCUT2D eigenvalue weighted by Crippen LogP contribution is 2.32. The Morgan fingerprint density at radius 3 is 2.31 bits per heavy atom. The van der Waals surface area contributed by atoms with Gasteiger partial charge in [0.25, 0.3) is 0 Å². The molecule has 0 radical (unpaired) electrons. The van der Waals surface area contributed by atoms with Crippen molar-refractivity contribution in [2.45, 2.75) is 75.4 Å². The zero-order chi connectivity index (χ0) is 25.8. The van der Waals surface area contributed by atoms with E-state index in [0.29, 0.717) is 0 Å². The largest absolute Gasteiger partial charge is 0.336 e. The molecule has 0 saturated carbocycles. The van der Waals surface area contributed by atoms with Crippen LogP contribution in [-0.2, 0) is 0 Å². The maximum Gasteiger partial charge on any atom is 0.318 e. The average molecular weight is 572 g/mol. The Hall–Kier alpha value is -2.25. The highest BCUT2D eigenvalue weighted by atomic mass is 79.9. The molecule has 0 aliphatic carbocycles. The van der Waals surface area contributed by atoms with Crippen LogP contribution >= 0.6 is 27.7 Å². The number of alkyl halides is 1. The lowest BCUT2D eigenvalue weighted by Crippen LogP contribution is -2.46. The Labute approximate surface area is 229 Å². The summed E-state index contributed by atoms with van der Waals surface area (Å²) in [6.07, 6.45) is 6.35. The number of carbonyl (C=O) groups excluding carboxylic acids is 1. The van der Waals surface area contributed by atoms with Gasteiger partial charge in [-0.25, -0.2) is 9.78 Å². The zero-order valence-electron chi connectivity index (χ0n) is 21.7. The second-order valence-corrected chi connectivity index (χ2v) is 11.4. The van der Waals surface area contributed by atoms with Crippen LogP contribution in [0.3, 0.4) is 0 Å². The third-order valence-corrected chi connectivity index (χ3v) is 7.79. The van der Waals surface area contributed by atoms with E-state index >= 15 is 0 Å². The minimum Gasteiger partial charge on any atom is -0.336 e. The second kappa shape index (κ2) is 15.1. The third-order valence-electron chi connectivity index (χ3n) is 5.88. The molecule has 3 rings (SSSR count). The summed E-state index contributed by atoms with van der Waals surface area (Å²) in [5.41, 5.74) is 4.31. The van der Waals surface area contributed by atoms with Gasteiger partial charge in [-0.3, -0.25) is 0 Å². The summed E-state index contributed by atoms with van der Waals surface area (Å²) in [5.74, 6) is 0.988. The monoisotopic (exact) mass is 570 g/mol. The Kier molecular flexibility index (Phi) is 11.9. The van der Waals surface area contributed by atoms with E-state index in [-0.39, 0.29) is 17.0 Å². The van der Waals surface area contributed by atoms with E-state index in [1.165, 1.54) is 0 Å². The minimum absolute atomic E-state index is 0.0230. The van der Waals surface area contributed by atoms with Gasteiger partial charge >= 0.3 is 6.03 Å². The van der Waals surface area contributed by atoms with Gasteiger partial charge in [-0.15, -0.1) is 0 Å². The van der Waals surface area contributed by atoms with E-state index in [4.69, 9.17) is 4.98 Å². The summed E-state index contributed by atoms with van der Waals surface area (Å²) in [7, 11) is 0. The fourth-order valence-electron chi connectivity index (χ4n) is 4.00. The summed E-state index contributed by atoms with van der Waals surface area (Å²) in [6.45, 7) is 6.95. The first-order valence-electron chi connectivity index (χ1n) is 13.0. The quantitative estimate of drug-likeness (QED) is 0.0885. The molecule has 0 aliphatic heterocycles. The van der Waals surface area contributed by atoms with E-state index in [0.717, 1.165) is 78.5 Å². The number of hydrogen-bond acceptors (Lipinski definition) is 3. The molecule has 0 bridgehead atoms. The molecular formula is C29H39BrN4OS. The molecule has 0 aliphatic rings. The number of halogens is 1. The molecule has 0 fully saturated rings. The van der Waals surface area contributed by atoms with Crippen molar-refractivity contribution in [1.82, 2.24) is 20.2 Å². The van der Waals surface area contributed by atoms with Crippen molar-refractivity contribution < 1.29 is 4.79 Å². The van der Waals surface area contributed by atoms with Crippen LogP contribution in [0.4, 0.5) is 4.79 Å². The fraction of sp³-hybridized carbons (Fsp3) is 0.448. The van der Waals surface area contributed by atoms with Gasteiger partial charge in [0.2, 0.25) is 0 Å². The number of H-pyrrole nitrogens is 1. The summed E-state index contributed by atoms with van der Waals surface area (Å²) >= 11 is 5.51. The van der Waals surface area contributed by atoms with E-state index in [2.05, 4.69) is 81.7 Å². The molecule has 0 spiro atoms. The number of urea groups is 1. The molecule has 1 unspecified atom stereocenters. The van der Waals surface area contributed by atoms with Gasteiger partial charge in [0.05, 0.1) is 16.3 Å². The van der Waals surface area contributed by atoms with Crippen LogP contribution in [0.2, 0.25) is 0 Å². The van der Waals surface area contributed by atoms with Crippen LogP contribution in [0.5, 0.6) is 0 Å². The number of aromatic amines is 1. The third kappa shape index (κ3) is 8.70. The Bertz CT molecular complexity index is 985. The molecule has 2 amide bonds. The second-order valence-electron chi connectivity index (χ2n) is 9.28. The number of rotatable bonds is 14. The summed E-state index contributed by atoms with van der Waals surface area (Å²) in [5, 5.41) is 4.00. The normalized spacial score (nSPS) is 12.0. The lowest BCUT2D eigenvalue weighted by atomic mass is 10.1. The number of imidazole rings is 1. The van der Waals surface area contributed by atoms with Gasteiger partial charge in [0.15, 0.2) is 5.16 Å². The fourth-order valence-corrected chi connectivity index (χ4v) is 5.58. The van der Waals surface area contributed by atoms with Crippen LogP contribution in [-0.4, -0.2) is 44.2 Å². The highest BCUT2D eigenvalue weighted by molar-refractivity contribution is 9.09. The van der Waals surface area contributed by atoms with E-state index in [1.54, 1.807) is 11.8 Å². The van der Waals surface area contributed by atoms with Gasteiger partial charge in [-0.2, -0.15) is 0 Å². The zero-order valence-corrected chi connectivity index (χ0v) is 24.1. The van der Waals surface area contributed by atoms with Crippen molar-refractivity contribution in [3.63, 3.8) is 0 Å². The maximum absolute atomic E-state index is 12.7. The molecule has 5 nitrogen and oxygen atoms in total. The number of carbonyl (C=O) groups is 1. The highest BCUT2D eigenvalue weighted by Gasteiger charge is 2.21. The number of hydrogen-bond donors (Lipinski definition) is 2. The van der Waals surface area contributed by atoms with Crippen molar-refractivity contribution in [3.8, 4) is 22.5 Å². The molecule has 1 aromatic heterocycles. The first-order valence-corrected chi connectivity index (χ1v) is 14.9. The van der Waals surface area contributed by atoms with Crippen LogP contribution in [0.15, 0.2) is 65.8 Å². The molecular weight excluding hydrogens is 532 g/mol. The lowest BCUT2D eigenvalue weighted by molar-refractivity contribution is 0.188. The summed E-state index contributed by atoms with van der Waals surface area (Å²) in [4.78, 5) is 23.2. The van der Waals surface area contributed by atoms with Crippen LogP contribution < -0.4 is 5.32 Å². The molecule has 194 valence electrons. The first kappa shape index (κ1) is 28.3. The smallest absolute Gasteiger partial charge is 0.318 e. The van der Waals surface area contributed by atoms with Crippen molar-refractivity contribution in [3.05, 3.63) is 60.7 Å². The maximum atomic E-state index is 12.7. The molecule has 1 atom stereocenters. The predicted octanol–water partition coefficient (Wildman–Crippen LogP) is 8.34. The molecule has 7 heteroatoms. The standard InChI is InChI=1S/C29H39BrN4OS/c1-4-5-19-25(30)34(29(35)31-22(2)3)20-13-8-14-21-36-28-32-26(23-15-9-6-10-16-23)27(33-28)24-17-11-7-12-18-24/h6-7,9-12,15-18,22,25H,4-5,8,13-14,19-21H2,1-3H3,(H,31,35)(H,32,33). The number of benzene rings is 2. The van der Waals surface area contributed by atoms with Gasteiger partial charge < -0.3 is 15.2 Å². The molecule has 2 aromatic carbocycles. The van der Waals surface area contributed by atoms with E-state index in [9.17, 15) is 4.79 Å². The van der Waals surface area contributed by atoms with E-state index < -0.39 is 0 Å². The molecule has 36 heavy (non-hydrogen) atoms. The number of unbranched alkanes of at least 4 members (excludes halogenated alkanes) is 3. The van der Waals surface area contributed by atoms with Gasteiger partial charge in [0.1, 0.15) is 0 Å². The van der Waals surface area contributed by atoms with E-state index in [1.807, 2.05) is 30.9 Å². The van der Waals surface area contributed by atoms with Crippen LogP contribution in [0.1, 0.15) is 59.3 Å². The van der Waals surface area contributed by atoms with Gasteiger partial charge in [0, 0.05) is 29.5 Å². The predicted molar refractivity (Wildman–Crippen MR) is 157 cm³/mol. The Morgan fingerprint density at radius 2 is 1.67 bits per heavy atom. The average Bonchev–Trinajstić information content (AvgIpc) is 3.31. The van der Waals surface area contributed by atoms with Crippen molar-refractivity contribution in [2.75, 3.05) is 12.3 Å². The lowest BCUT2D eigenvalue weighted by Gasteiger charge is -2.29. The number of thioether (sulfide) groups is 1. The number of aromatic nitrogens is 2. The SMILES string of the molecule is CCCCC(Br)N(CCCCCSc1nc(-c2ccccc2)c(-c2ccccc2)[nH]1)C(=O)NC(C)C. The minimum atomic E-state index is 0.0230. The number of amides is 2. The molecule has 2 N–H and O–H groups in total. The summed E-state index contributed by atoms with van der Waals surface area (Å²) in [6, 6.07) is 20.9. The molecule has 0 saturated heterocycles. The van der Waals surface area contributed by atoms with Crippen LogP contribution in [0.25, 0.3) is 22.5 Å².